The van der Waals surface area contributed by atoms with Gasteiger partial charge in [-0.25, -0.2) is 13.1 Å². The number of aliphatic hydroxyl groups excluding tert-OH is 1. The Bertz CT molecular complexity index is 864. The summed E-state index contributed by atoms with van der Waals surface area (Å²) in [4.78, 5) is 11.8. The van der Waals surface area contributed by atoms with Gasteiger partial charge in [-0.05, 0) is 38.0 Å². The Morgan fingerprint density at radius 3 is 2.38 bits per heavy atom. The summed E-state index contributed by atoms with van der Waals surface area (Å²) in [5.41, 5.74) is 2.07. The fraction of sp³-hybridized carbons (Fsp3) is 0.353. The second-order valence-electron chi connectivity index (χ2n) is 5.92. The molecule has 0 saturated carbocycles. The molecule has 0 radical (unpaired) electrons. The Labute approximate surface area is 141 Å². The van der Waals surface area contributed by atoms with Crippen molar-refractivity contribution in [3.63, 3.8) is 0 Å². The summed E-state index contributed by atoms with van der Waals surface area (Å²) in [5, 5.41) is 10.0. The zero-order valence-corrected chi connectivity index (χ0v) is 14.8. The van der Waals surface area contributed by atoms with Gasteiger partial charge in [-0.2, -0.15) is 0 Å². The van der Waals surface area contributed by atoms with Crippen LogP contribution in [0.4, 0.5) is 0 Å². The number of rotatable bonds is 6. The largest absolute Gasteiger partial charge is 0.390 e. The van der Waals surface area contributed by atoms with Crippen LogP contribution in [0, 0.1) is 20.8 Å². The molecule has 1 aromatic heterocycles. The van der Waals surface area contributed by atoms with Crippen molar-refractivity contribution < 1.29 is 13.5 Å². The highest BCUT2D eigenvalue weighted by molar-refractivity contribution is 7.89. The van der Waals surface area contributed by atoms with Crippen LogP contribution in [0.5, 0.6) is 0 Å². The number of benzene rings is 1. The van der Waals surface area contributed by atoms with Crippen molar-refractivity contribution in [3.05, 3.63) is 63.6 Å². The Balaban J connectivity index is 2.11. The van der Waals surface area contributed by atoms with E-state index in [4.69, 9.17) is 0 Å². The minimum Gasteiger partial charge on any atom is -0.390 e. The number of nitrogens with zero attached hydrogens (tertiary/aromatic N) is 1. The van der Waals surface area contributed by atoms with Crippen molar-refractivity contribution in [2.45, 2.75) is 38.3 Å². The Morgan fingerprint density at radius 2 is 1.79 bits per heavy atom. The van der Waals surface area contributed by atoms with E-state index in [-0.39, 0.29) is 23.5 Å². The van der Waals surface area contributed by atoms with Crippen LogP contribution in [0.1, 0.15) is 16.7 Å². The smallest absolute Gasteiger partial charge is 0.250 e. The summed E-state index contributed by atoms with van der Waals surface area (Å²) in [7, 11) is -3.73. The van der Waals surface area contributed by atoms with E-state index in [0.717, 1.165) is 5.56 Å². The van der Waals surface area contributed by atoms with Crippen molar-refractivity contribution in [1.29, 1.82) is 0 Å². The molecule has 1 unspecified atom stereocenters. The molecule has 2 aromatic rings. The molecular weight excluding hydrogens is 328 g/mol. The van der Waals surface area contributed by atoms with E-state index < -0.39 is 16.1 Å². The maximum atomic E-state index is 12.5. The minimum atomic E-state index is -3.73. The summed E-state index contributed by atoms with van der Waals surface area (Å²) < 4.78 is 28.8. The van der Waals surface area contributed by atoms with Gasteiger partial charge in [0.25, 0.3) is 5.56 Å². The van der Waals surface area contributed by atoms with Gasteiger partial charge in [0.1, 0.15) is 0 Å². The zero-order valence-electron chi connectivity index (χ0n) is 14.0. The van der Waals surface area contributed by atoms with E-state index in [1.54, 1.807) is 32.2 Å². The van der Waals surface area contributed by atoms with E-state index in [2.05, 4.69) is 4.72 Å². The number of sulfonamides is 1. The molecule has 24 heavy (non-hydrogen) atoms. The summed E-state index contributed by atoms with van der Waals surface area (Å²) in [5.74, 6) is 0. The average molecular weight is 350 g/mol. The van der Waals surface area contributed by atoms with Gasteiger partial charge < -0.3 is 9.67 Å². The number of aliphatic hydroxyl groups is 1. The third-order valence-electron chi connectivity index (χ3n) is 3.69. The highest BCUT2D eigenvalue weighted by Gasteiger charge is 2.21. The van der Waals surface area contributed by atoms with Gasteiger partial charge >= 0.3 is 0 Å². The van der Waals surface area contributed by atoms with Gasteiger partial charge in [-0.3, -0.25) is 4.79 Å². The molecule has 1 aromatic carbocycles. The molecule has 1 heterocycles. The van der Waals surface area contributed by atoms with Gasteiger partial charge in [-0.15, -0.1) is 0 Å². The highest BCUT2D eigenvalue weighted by atomic mass is 32.2. The summed E-state index contributed by atoms with van der Waals surface area (Å²) >= 11 is 0. The van der Waals surface area contributed by atoms with Gasteiger partial charge in [-0.1, -0.05) is 23.8 Å². The van der Waals surface area contributed by atoms with Gasteiger partial charge in [0.15, 0.2) is 0 Å². The third-order valence-corrected chi connectivity index (χ3v) is 5.42. The van der Waals surface area contributed by atoms with E-state index >= 15 is 0 Å². The van der Waals surface area contributed by atoms with Gasteiger partial charge in [0, 0.05) is 18.8 Å². The van der Waals surface area contributed by atoms with Crippen molar-refractivity contribution in [2.75, 3.05) is 6.54 Å². The van der Waals surface area contributed by atoms with Crippen molar-refractivity contribution in [3.8, 4) is 0 Å². The van der Waals surface area contributed by atoms with Crippen molar-refractivity contribution in [2.24, 2.45) is 0 Å². The van der Waals surface area contributed by atoms with Crippen LogP contribution < -0.4 is 10.3 Å². The number of aryl methyl sites for hydroxylation is 3. The standard InChI is InChI=1S/C17H22N2O4S/c1-12-8-13(2)17(14(3)9-12)24(22,23)18-10-15(20)11-19-7-5-4-6-16(19)21/h4-9,15,18,20H,10-11H2,1-3H3. The van der Waals surface area contributed by atoms with Gasteiger partial charge in [0.05, 0.1) is 17.5 Å². The molecule has 7 heteroatoms. The van der Waals surface area contributed by atoms with Crippen molar-refractivity contribution in [1.82, 2.24) is 9.29 Å². The first kappa shape index (κ1) is 18.4. The average Bonchev–Trinajstić information content (AvgIpc) is 2.46. The van der Waals surface area contributed by atoms with Crippen molar-refractivity contribution >= 4 is 10.0 Å². The second-order valence-corrected chi connectivity index (χ2v) is 7.63. The number of hydrogen-bond donors (Lipinski definition) is 2. The fourth-order valence-electron chi connectivity index (χ4n) is 2.77. The summed E-state index contributed by atoms with van der Waals surface area (Å²) in [6.07, 6.45) is 0.542. The lowest BCUT2D eigenvalue weighted by Crippen LogP contribution is -2.36. The molecule has 0 amide bonds. The maximum Gasteiger partial charge on any atom is 0.250 e. The first-order chi connectivity index (χ1) is 11.2. The first-order valence-corrected chi connectivity index (χ1v) is 9.10. The predicted molar refractivity (Wildman–Crippen MR) is 92.6 cm³/mol. The molecule has 130 valence electrons. The lowest BCUT2D eigenvalue weighted by atomic mass is 10.1. The number of aromatic nitrogens is 1. The monoisotopic (exact) mass is 350 g/mol. The van der Waals surface area contributed by atoms with Crippen LogP contribution in [0.15, 0.2) is 46.2 Å². The van der Waals surface area contributed by atoms with E-state index in [1.807, 2.05) is 19.1 Å². The Morgan fingerprint density at radius 1 is 1.17 bits per heavy atom. The predicted octanol–water partition coefficient (Wildman–Crippen LogP) is 1.11. The number of hydrogen-bond acceptors (Lipinski definition) is 4. The molecule has 1 atom stereocenters. The quantitative estimate of drug-likeness (QED) is 0.817. The lowest BCUT2D eigenvalue weighted by molar-refractivity contribution is 0.156. The van der Waals surface area contributed by atoms with Crippen LogP contribution in [-0.2, 0) is 16.6 Å². The van der Waals surface area contributed by atoms with Crippen LogP contribution in [0.3, 0.4) is 0 Å². The molecule has 2 N–H and O–H groups in total. The molecule has 0 fully saturated rings. The molecule has 0 spiro atoms. The van der Waals surface area contributed by atoms with Crippen LogP contribution in [0.2, 0.25) is 0 Å². The van der Waals surface area contributed by atoms with Crippen LogP contribution in [0.25, 0.3) is 0 Å². The third kappa shape index (κ3) is 4.31. The highest BCUT2D eigenvalue weighted by Crippen LogP contribution is 2.21. The van der Waals surface area contributed by atoms with E-state index in [9.17, 15) is 18.3 Å². The first-order valence-electron chi connectivity index (χ1n) is 7.62. The minimum absolute atomic E-state index is 0.0219. The number of pyridine rings is 1. The maximum absolute atomic E-state index is 12.5. The molecule has 0 aliphatic carbocycles. The van der Waals surface area contributed by atoms with Crippen LogP contribution in [-0.4, -0.2) is 30.7 Å². The number of nitrogens with one attached hydrogen (secondary N) is 1. The molecule has 0 bridgehead atoms. The normalized spacial score (nSPS) is 13.0. The Kier molecular flexibility index (Phi) is 5.58. The second kappa shape index (κ2) is 7.29. The molecular formula is C17H22N2O4S. The summed E-state index contributed by atoms with van der Waals surface area (Å²) in [6, 6.07) is 8.28. The Hall–Kier alpha value is -1.96. The SMILES string of the molecule is Cc1cc(C)c(S(=O)(=O)NCC(O)Cn2ccccc2=O)c(C)c1. The molecule has 6 nitrogen and oxygen atoms in total. The molecule has 0 aliphatic heterocycles. The molecule has 0 saturated heterocycles. The fourth-order valence-corrected chi connectivity index (χ4v) is 4.29. The molecule has 2 rings (SSSR count). The lowest BCUT2D eigenvalue weighted by Gasteiger charge is -2.16. The van der Waals surface area contributed by atoms with Gasteiger partial charge in [0.2, 0.25) is 10.0 Å². The van der Waals surface area contributed by atoms with Crippen LogP contribution >= 0.6 is 0 Å². The summed E-state index contributed by atoms with van der Waals surface area (Å²) in [6.45, 7) is 5.25. The van der Waals surface area contributed by atoms with E-state index in [1.165, 1.54) is 10.6 Å². The van der Waals surface area contributed by atoms with E-state index in [0.29, 0.717) is 11.1 Å². The zero-order chi connectivity index (χ0) is 17.9. The molecule has 0 aliphatic rings. The topological polar surface area (TPSA) is 88.4 Å².